The number of hydrogen-bond donors (Lipinski definition) is 1. The van der Waals surface area contributed by atoms with E-state index in [0.717, 1.165) is 37.3 Å². The van der Waals surface area contributed by atoms with Gasteiger partial charge >= 0.3 is 0 Å². The fourth-order valence-electron chi connectivity index (χ4n) is 3.68. The van der Waals surface area contributed by atoms with Gasteiger partial charge < -0.3 is 10.2 Å². The highest BCUT2D eigenvalue weighted by Gasteiger charge is 2.25. The lowest BCUT2D eigenvalue weighted by Crippen LogP contribution is -2.48. The first-order valence-corrected chi connectivity index (χ1v) is 10.7. The van der Waals surface area contributed by atoms with Crippen LogP contribution in [0.25, 0.3) is 0 Å². The van der Waals surface area contributed by atoms with E-state index in [1.807, 2.05) is 42.5 Å². The summed E-state index contributed by atoms with van der Waals surface area (Å²) in [6.07, 6.45) is 0. The summed E-state index contributed by atoms with van der Waals surface area (Å²) in [5.41, 5.74) is 2.58. The number of hydrogen-bond acceptors (Lipinski definition) is 4. The molecule has 0 spiro atoms. The van der Waals surface area contributed by atoms with Crippen LogP contribution < -0.4 is 5.32 Å². The van der Waals surface area contributed by atoms with Gasteiger partial charge in [0.05, 0.1) is 6.04 Å². The maximum absolute atomic E-state index is 12.8. The first-order chi connectivity index (χ1) is 14.2. The SMILES string of the molecule is CN1CCN(CC(NC(=O)C(=O)c2ccc(C(C)(C)C)cc2)c2ccccc2)CC1. The lowest BCUT2D eigenvalue weighted by Gasteiger charge is -2.35. The second kappa shape index (κ2) is 9.54. The van der Waals surface area contributed by atoms with Crippen molar-refractivity contribution in [3.8, 4) is 0 Å². The Morgan fingerprint density at radius 3 is 2.10 bits per heavy atom. The Hall–Kier alpha value is -2.50. The van der Waals surface area contributed by atoms with Crippen molar-refractivity contribution in [1.82, 2.24) is 15.1 Å². The zero-order valence-electron chi connectivity index (χ0n) is 18.5. The largest absolute Gasteiger partial charge is 0.341 e. The van der Waals surface area contributed by atoms with Crippen molar-refractivity contribution >= 4 is 11.7 Å². The fourth-order valence-corrected chi connectivity index (χ4v) is 3.68. The predicted octanol–water partition coefficient (Wildman–Crippen LogP) is 3.27. The standard InChI is InChI=1S/C25H33N3O2/c1-25(2,3)21-12-10-20(11-13-21)23(29)24(30)26-22(19-8-6-5-7-9-19)18-28-16-14-27(4)15-17-28/h5-13,22H,14-18H2,1-4H3,(H,26,30). The molecular formula is C25H33N3O2. The summed E-state index contributed by atoms with van der Waals surface area (Å²) in [4.78, 5) is 30.2. The number of likely N-dealkylation sites (N-methyl/N-ethyl adjacent to an activating group) is 1. The molecule has 5 heteroatoms. The van der Waals surface area contributed by atoms with Crippen LogP contribution in [-0.2, 0) is 10.2 Å². The second-order valence-electron chi connectivity index (χ2n) is 9.20. The van der Waals surface area contributed by atoms with Crippen molar-refractivity contribution < 1.29 is 9.59 Å². The molecule has 0 aromatic heterocycles. The summed E-state index contributed by atoms with van der Waals surface area (Å²) in [6.45, 7) is 11.0. The minimum Gasteiger partial charge on any atom is -0.341 e. The zero-order chi connectivity index (χ0) is 21.7. The van der Waals surface area contributed by atoms with Crippen LogP contribution in [0.2, 0.25) is 0 Å². The van der Waals surface area contributed by atoms with Gasteiger partial charge in [-0.15, -0.1) is 0 Å². The molecule has 3 rings (SSSR count). The molecule has 1 saturated heterocycles. The Balaban J connectivity index is 1.71. The Kier molecular flexibility index (Phi) is 7.06. The van der Waals surface area contributed by atoms with Gasteiger partial charge in [0, 0.05) is 38.3 Å². The van der Waals surface area contributed by atoms with Gasteiger partial charge in [0.1, 0.15) is 0 Å². The van der Waals surface area contributed by atoms with Crippen molar-refractivity contribution in [1.29, 1.82) is 0 Å². The maximum Gasteiger partial charge on any atom is 0.292 e. The van der Waals surface area contributed by atoms with E-state index in [0.29, 0.717) is 12.1 Å². The molecule has 2 aromatic carbocycles. The number of nitrogens with zero attached hydrogens (tertiary/aromatic N) is 2. The van der Waals surface area contributed by atoms with Gasteiger partial charge in [-0.05, 0) is 23.6 Å². The number of carbonyl (C=O) groups is 2. The normalized spacial score (nSPS) is 16.8. The van der Waals surface area contributed by atoms with Crippen molar-refractivity contribution in [3.63, 3.8) is 0 Å². The van der Waals surface area contributed by atoms with Crippen molar-refractivity contribution in [2.45, 2.75) is 32.2 Å². The van der Waals surface area contributed by atoms with E-state index in [1.54, 1.807) is 12.1 Å². The first kappa shape index (κ1) is 22.2. The highest BCUT2D eigenvalue weighted by molar-refractivity contribution is 6.42. The monoisotopic (exact) mass is 407 g/mol. The summed E-state index contributed by atoms with van der Waals surface area (Å²) < 4.78 is 0. The zero-order valence-corrected chi connectivity index (χ0v) is 18.5. The van der Waals surface area contributed by atoms with Gasteiger partial charge in [-0.1, -0.05) is 75.4 Å². The molecule has 1 heterocycles. The molecule has 1 unspecified atom stereocenters. The van der Waals surface area contributed by atoms with Gasteiger partial charge in [-0.2, -0.15) is 0 Å². The molecular weight excluding hydrogens is 374 g/mol. The summed E-state index contributed by atoms with van der Waals surface area (Å²) in [5.74, 6) is -1.05. The summed E-state index contributed by atoms with van der Waals surface area (Å²) in [5, 5.41) is 2.99. The minimum atomic E-state index is -0.554. The van der Waals surface area contributed by atoms with Gasteiger partial charge in [0.2, 0.25) is 5.78 Å². The third-order valence-corrected chi connectivity index (χ3v) is 5.76. The number of carbonyl (C=O) groups excluding carboxylic acids is 2. The lowest BCUT2D eigenvalue weighted by atomic mass is 9.86. The molecule has 5 nitrogen and oxygen atoms in total. The molecule has 160 valence electrons. The van der Waals surface area contributed by atoms with Crippen LogP contribution in [0, 0.1) is 0 Å². The van der Waals surface area contributed by atoms with Crippen LogP contribution in [0.4, 0.5) is 0 Å². The van der Waals surface area contributed by atoms with Crippen LogP contribution in [0.15, 0.2) is 54.6 Å². The van der Waals surface area contributed by atoms with E-state index in [2.05, 4.69) is 42.9 Å². The molecule has 30 heavy (non-hydrogen) atoms. The second-order valence-corrected chi connectivity index (χ2v) is 9.20. The fraction of sp³-hybridized carbons (Fsp3) is 0.440. The molecule has 0 bridgehead atoms. The van der Waals surface area contributed by atoms with Gasteiger partial charge in [0.15, 0.2) is 0 Å². The molecule has 0 radical (unpaired) electrons. The molecule has 1 fully saturated rings. The average Bonchev–Trinajstić information content (AvgIpc) is 2.74. The Morgan fingerprint density at radius 1 is 0.933 bits per heavy atom. The number of ketones is 1. The molecule has 1 atom stereocenters. The lowest BCUT2D eigenvalue weighted by molar-refractivity contribution is -0.117. The van der Waals surface area contributed by atoms with Crippen molar-refractivity contribution in [3.05, 3.63) is 71.3 Å². The number of rotatable bonds is 6. The molecule has 1 aliphatic heterocycles. The van der Waals surface area contributed by atoms with Crippen molar-refractivity contribution in [2.75, 3.05) is 39.8 Å². The first-order valence-electron chi connectivity index (χ1n) is 10.7. The maximum atomic E-state index is 12.8. The van der Waals surface area contributed by atoms with Crippen LogP contribution in [0.3, 0.4) is 0 Å². The van der Waals surface area contributed by atoms with Crippen LogP contribution in [0.1, 0.15) is 48.3 Å². The van der Waals surface area contributed by atoms with Crippen LogP contribution >= 0.6 is 0 Å². The molecule has 0 aliphatic carbocycles. The van der Waals surface area contributed by atoms with E-state index in [9.17, 15) is 9.59 Å². The minimum absolute atomic E-state index is 0.00471. The number of amides is 1. The molecule has 2 aromatic rings. The third kappa shape index (κ3) is 5.77. The number of piperazine rings is 1. The van der Waals surface area contributed by atoms with E-state index < -0.39 is 11.7 Å². The average molecular weight is 408 g/mol. The molecule has 1 amide bonds. The number of nitrogens with one attached hydrogen (secondary N) is 1. The van der Waals surface area contributed by atoms with E-state index in [-0.39, 0.29) is 11.5 Å². The van der Waals surface area contributed by atoms with Gasteiger partial charge in [-0.25, -0.2) is 0 Å². The quantitative estimate of drug-likeness (QED) is 0.590. The summed E-state index contributed by atoms with van der Waals surface area (Å²) in [6, 6.07) is 17.0. The van der Waals surface area contributed by atoms with Crippen molar-refractivity contribution in [2.24, 2.45) is 0 Å². The molecule has 1 N–H and O–H groups in total. The van der Waals surface area contributed by atoms with E-state index in [4.69, 9.17) is 0 Å². The van der Waals surface area contributed by atoms with E-state index in [1.165, 1.54) is 0 Å². The third-order valence-electron chi connectivity index (χ3n) is 5.76. The van der Waals surface area contributed by atoms with Gasteiger partial charge in [-0.3, -0.25) is 14.5 Å². The van der Waals surface area contributed by atoms with Crippen LogP contribution in [0.5, 0.6) is 0 Å². The molecule has 0 saturated carbocycles. The summed E-state index contributed by atoms with van der Waals surface area (Å²) in [7, 11) is 2.12. The highest BCUT2D eigenvalue weighted by atomic mass is 16.2. The highest BCUT2D eigenvalue weighted by Crippen LogP contribution is 2.22. The van der Waals surface area contributed by atoms with E-state index >= 15 is 0 Å². The summed E-state index contributed by atoms with van der Waals surface area (Å²) >= 11 is 0. The molecule has 1 aliphatic rings. The Bertz CT molecular complexity index is 848. The predicted molar refractivity (Wildman–Crippen MR) is 121 cm³/mol. The topological polar surface area (TPSA) is 52.6 Å². The number of Topliss-reactive ketones (excluding diaryl/α,β-unsaturated/α-hetero) is 1. The van der Waals surface area contributed by atoms with Gasteiger partial charge in [0.25, 0.3) is 5.91 Å². The Morgan fingerprint density at radius 2 is 1.53 bits per heavy atom. The number of benzene rings is 2. The van der Waals surface area contributed by atoms with Crippen LogP contribution in [-0.4, -0.2) is 61.3 Å². The smallest absolute Gasteiger partial charge is 0.292 e. The Labute approximate surface area is 180 Å².